The number of nitrogens with one attached hydrogen (secondary N) is 1. The van der Waals surface area contributed by atoms with E-state index in [1.807, 2.05) is 0 Å². The van der Waals surface area contributed by atoms with Gasteiger partial charge in [0.05, 0.1) is 0 Å². The quantitative estimate of drug-likeness (QED) is 0.910. The van der Waals surface area contributed by atoms with E-state index >= 15 is 0 Å². The summed E-state index contributed by atoms with van der Waals surface area (Å²) in [5.74, 6) is -3.02. The first-order chi connectivity index (χ1) is 7.77. The molecule has 17 heavy (non-hydrogen) atoms. The molecule has 0 bridgehead atoms. The highest BCUT2D eigenvalue weighted by Gasteiger charge is 2.31. The second kappa shape index (κ2) is 4.87. The second-order valence-electron chi connectivity index (χ2n) is 3.89. The van der Waals surface area contributed by atoms with Gasteiger partial charge in [0.2, 0.25) is 0 Å². The molecule has 0 aromatic heterocycles. The Bertz CT molecular complexity index is 426. The lowest BCUT2D eigenvalue weighted by Gasteiger charge is -2.24. The van der Waals surface area contributed by atoms with E-state index in [1.54, 1.807) is 0 Å². The fraction of sp³-hybridized carbons (Fsp3) is 0.364. The van der Waals surface area contributed by atoms with Crippen LogP contribution in [0.15, 0.2) is 12.1 Å². The molecule has 0 atom stereocenters. The highest BCUT2D eigenvalue weighted by molar-refractivity contribution is 6.30. The number of hydrogen-bond acceptors (Lipinski definition) is 2. The summed E-state index contributed by atoms with van der Waals surface area (Å²) in [6, 6.07) is 1.83. The van der Waals surface area contributed by atoms with Crippen LogP contribution in [0.1, 0.15) is 13.8 Å². The summed E-state index contributed by atoms with van der Waals surface area (Å²) in [5.41, 5.74) is -1.38. The molecule has 1 amide bonds. The maximum atomic E-state index is 13.4. The van der Waals surface area contributed by atoms with E-state index in [4.69, 9.17) is 16.3 Å². The van der Waals surface area contributed by atoms with Gasteiger partial charge in [-0.05, 0) is 26.0 Å². The molecule has 0 saturated carbocycles. The molecule has 94 valence electrons. The number of hydrogen-bond donors (Lipinski definition) is 1. The maximum Gasteiger partial charge on any atom is 0.263 e. The Morgan fingerprint density at radius 3 is 2.24 bits per heavy atom. The molecule has 0 heterocycles. The summed E-state index contributed by atoms with van der Waals surface area (Å²) in [6.07, 6.45) is 0. The number of rotatable bonds is 3. The highest BCUT2D eigenvalue weighted by atomic mass is 35.5. The zero-order valence-electron chi connectivity index (χ0n) is 9.61. The van der Waals surface area contributed by atoms with Gasteiger partial charge in [0, 0.05) is 12.1 Å². The van der Waals surface area contributed by atoms with Crippen LogP contribution >= 0.6 is 11.6 Å². The zero-order valence-corrected chi connectivity index (χ0v) is 10.4. The highest BCUT2D eigenvalue weighted by Crippen LogP contribution is 2.28. The molecule has 0 radical (unpaired) electrons. The number of benzene rings is 1. The monoisotopic (exact) mass is 263 g/mol. The molecule has 1 N–H and O–H groups in total. The summed E-state index contributed by atoms with van der Waals surface area (Å²) in [7, 11) is 1.40. The molecule has 1 rings (SSSR count). The molecule has 1 aromatic carbocycles. The molecule has 0 saturated heterocycles. The summed E-state index contributed by atoms with van der Waals surface area (Å²) in [5, 5.41) is 2.26. The predicted molar refractivity (Wildman–Crippen MR) is 60.1 cm³/mol. The third-order valence-corrected chi connectivity index (χ3v) is 2.31. The summed E-state index contributed by atoms with van der Waals surface area (Å²) in [4.78, 5) is 11.4. The summed E-state index contributed by atoms with van der Waals surface area (Å²) < 4.78 is 31.9. The molecule has 0 aliphatic rings. The lowest BCUT2D eigenvalue weighted by Crippen LogP contribution is -2.45. The van der Waals surface area contributed by atoms with Crippen molar-refractivity contribution in [3.05, 3.63) is 28.8 Å². The van der Waals surface area contributed by atoms with Crippen molar-refractivity contribution in [2.45, 2.75) is 19.4 Å². The Morgan fingerprint density at radius 1 is 1.35 bits per heavy atom. The minimum atomic E-state index is -1.38. The van der Waals surface area contributed by atoms with Gasteiger partial charge in [-0.2, -0.15) is 0 Å². The molecular formula is C11H12ClF2NO2. The number of likely N-dealkylation sites (N-methyl/N-ethyl adjacent to an activating group) is 1. The molecular weight excluding hydrogens is 252 g/mol. The van der Waals surface area contributed by atoms with Crippen molar-refractivity contribution in [2.24, 2.45) is 0 Å². The van der Waals surface area contributed by atoms with Gasteiger partial charge in [0.25, 0.3) is 5.91 Å². The van der Waals surface area contributed by atoms with E-state index in [0.29, 0.717) is 0 Å². The molecule has 0 fully saturated rings. The van der Waals surface area contributed by atoms with E-state index in [9.17, 15) is 13.6 Å². The first-order valence-electron chi connectivity index (χ1n) is 4.83. The number of amides is 1. The Morgan fingerprint density at radius 2 is 1.82 bits per heavy atom. The van der Waals surface area contributed by atoms with Gasteiger partial charge in [-0.25, -0.2) is 8.78 Å². The average molecular weight is 264 g/mol. The summed E-state index contributed by atoms with van der Waals surface area (Å²) >= 11 is 5.47. The van der Waals surface area contributed by atoms with Crippen molar-refractivity contribution in [3.8, 4) is 5.75 Å². The van der Waals surface area contributed by atoms with Gasteiger partial charge >= 0.3 is 0 Å². The van der Waals surface area contributed by atoms with Gasteiger partial charge in [-0.3, -0.25) is 4.79 Å². The largest absolute Gasteiger partial charge is 0.472 e. The van der Waals surface area contributed by atoms with E-state index in [0.717, 1.165) is 12.1 Å². The van der Waals surface area contributed by atoms with Crippen molar-refractivity contribution in [3.63, 3.8) is 0 Å². The van der Waals surface area contributed by atoms with Crippen LogP contribution in [-0.4, -0.2) is 18.6 Å². The van der Waals surface area contributed by atoms with Gasteiger partial charge < -0.3 is 10.1 Å². The van der Waals surface area contributed by atoms with Crippen LogP contribution in [0.2, 0.25) is 5.02 Å². The first-order valence-corrected chi connectivity index (χ1v) is 5.21. The number of halogens is 3. The van der Waals surface area contributed by atoms with Crippen molar-refractivity contribution in [1.82, 2.24) is 5.32 Å². The van der Waals surface area contributed by atoms with Crippen LogP contribution in [0.3, 0.4) is 0 Å². The fourth-order valence-electron chi connectivity index (χ4n) is 1.23. The predicted octanol–water partition coefficient (Wildman–Crippen LogP) is 2.52. The molecule has 6 heteroatoms. The van der Waals surface area contributed by atoms with Crippen molar-refractivity contribution in [2.75, 3.05) is 7.05 Å². The topological polar surface area (TPSA) is 38.3 Å². The van der Waals surface area contributed by atoms with Gasteiger partial charge in [0.1, 0.15) is 0 Å². The minimum Gasteiger partial charge on any atom is -0.472 e. The van der Waals surface area contributed by atoms with Crippen LogP contribution in [0.4, 0.5) is 8.78 Å². The Kier molecular flexibility index (Phi) is 3.93. The molecule has 1 aromatic rings. The van der Waals surface area contributed by atoms with Crippen molar-refractivity contribution >= 4 is 17.5 Å². The van der Waals surface area contributed by atoms with Crippen LogP contribution in [0.5, 0.6) is 5.75 Å². The average Bonchev–Trinajstić information content (AvgIpc) is 2.22. The smallest absolute Gasteiger partial charge is 0.263 e. The standard InChI is InChI=1S/C11H12ClF2NO2/c1-11(2,10(16)15-3)17-9-7(13)4-6(12)5-8(9)14/h4-5H,1-3H3,(H,15,16). The maximum absolute atomic E-state index is 13.4. The van der Waals surface area contributed by atoms with E-state index in [1.165, 1.54) is 20.9 Å². The van der Waals surface area contributed by atoms with Gasteiger partial charge in [-0.1, -0.05) is 11.6 Å². The van der Waals surface area contributed by atoms with Crippen molar-refractivity contribution in [1.29, 1.82) is 0 Å². The molecule has 0 aliphatic carbocycles. The zero-order chi connectivity index (χ0) is 13.2. The normalized spacial score (nSPS) is 11.2. The van der Waals surface area contributed by atoms with Crippen LogP contribution in [-0.2, 0) is 4.79 Å². The molecule has 0 spiro atoms. The van der Waals surface area contributed by atoms with Crippen LogP contribution in [0.25, 0.3) is 0 Å². The van der Waals surface area contributed by atoms with Crippen molar-refractivity contribution < 1.29 is 18.3 Å². The Balaban J connectivity index is 3.07. The third kappa shape index (κ3) is 3.06. The fourth-order valence-corrected chi connectivity index (χ4v) is 1.42. The summed E-state index contributed by atoms with van der Waals surface area (Å²) in [6.45, 7) is 2.80. The van der Waals surface area contributed by atoms with E-state index in [-0.39, 0.29) is 5.02 Å². The third-order valence-electron chi connectivity index (χ3n) is 2.09. The van der Waals surface area contributed by atoms with Crippen LogP contribution in [0, 0.1) is 11.6 Å². The first kappa shape index (κ1) is 13.7. The Labute approximate surface area is 103 Å². The molecule has 0 unspecified atom stereocenters. The minimum absolute atomic E-state index is 0.0786. The van der Waals surface area contributed by atoms with Crippen LogP contribution < -0.4 is 10.1 Å². The van der Waals surface area contributed by atoms with E-state index in [2.05, 4.69) is 5.32 Å². The van der Waals surface area contributed by atoms with E-state index < -0.39 is 28.9 Å². The Hall–Kier alpha value is -1.36. The van der Waals surface area contributed by atoms with Gasteiger partial charge in [-0.15, -0.1) is 0 Å². The SMILES string of the molecule is CNC(=O)C(C)(C)Oc1c(F)cc(Cl)cc1F. The lowest BCUT2D eigenvalue weighted by atomic mass is 10.1. The lowest BCUT2D eigenvalue weighted by molar-refractivity contribution is -0.133. The number of carbonyl (C=O) groups is 1. The van der Waals surface area contributed by atoms with Gasteiger partial charge in [0.15, 0.2) is 23.0 Å². The molecule has 0 aliphatic heterocycles. The number of ether oxygens (including phenoxy) is 1. The number of carbonyl (C=O) groups excluding carboxylic acids is 1. The molecule has 3 nitrogen and oxygen atoms in total. The second-order valence-corrected chi connectivity index (χ2v) is 4.33.